The fourth-order valence-electron chi connectivity index (χ4n) is 1.20. The molecule has 0 aromatic carbocycles. The number of nitrogen functional groups attached to an aromatic ring is 1. The maximum Gasteiger partial charge on any atom is 0.306 e. The highest BCUT2D eigenvalue weighted by Crippen LogP contribution is 2.14. The molecule has 7 nitrogen and oxygen atoms in total. The zero-order chi connectivity index (χ0) is 13.8. The Kier molecular flexibility index (Phi) is 4.62. The Labute approximate surface area is 106 Å². The van der Waals surface area contributed by atoms with Gasteiger partial charge in [-0.2, -0.15) is 0 Å². The van der Waals surface area contributed by atoms with Crippen LogP contribution in [-0.4, -0.2) is 44.4 Å². The molecule has 2 N–H and O–H groups in total. The Hall–Kier alpha value is -1.67. The van der Waals surface area contributed by atoms with E-state index in [2.05, 4.69) is 9.72 Å². The van der Waals surface area contributed by atoms with Crippen LogP contribution in [0.2, 0.25) is 0 Å². The first-order valence-corrected chi connectivity index (χ1v) is 6.56. The van der Waals surface area contributed by atoms with Crippen molar-refractivity contribution in [2.45, 2.75) is 11.3 Å². The smallest absolute Gasteiger partial charge is 0.306 e. The Bertz CT molecular complexity index is 512. The molecular formula is C10H15N3O4S. The predicted molar refractivity (Wildman–Crippen MR) is 65.1 cm³/mol. The number of nitrogens with zero attached hydrogens (tertiary/aromatic N) is 2. The van der Waals surface area contributed by atoms with Crippen molar-refractivity contribution in [3.05, 3.63) is 18.3 Å². The number of esters is 1. The van der Waals surface area contributed by atoms with Crippen molar-refractivity contribution in [3.8, 4) is 0 Å². The number of aromatic nitrogens is 1. The molecule has 0 saturated carbocycles. The lowest BCUT2D eigenvalue weighted by atomic mass is 10.4. The van der Waals surface area contributed by atoms with E-state index in [-0.39, 0.29) is 23.7 Å². The topological polar surface area (TPSA) is 103 Å². The molecule has 0 aliphatic carbocycles. The van der Waals surface area contributed by atoms with Gasteiger partial charge >= 0.3 is 5.97 Å². The minimum absolute atomic E-state index is 0.00533. The second kappa shape index (κ2) is 5.78. The number of nitrogens with two attached hydrogens (primary N) is 1. The summed E-state index contributed by atoms with van der Waals surface area (Å²) >= 11 is 0. The molecule has 0 aliphatic rings. The molecule has 1 aromatic heterocycles. The molecular weight excluding hydrogens is 258 g/mol. The predicted octanol–water partition coefficient (Wildman–Crippen LogP) is -0.153. The van der Waals surface area contributed by atoms with Gasteiger partial charge in [-0.1, -0.05) is 0 Å². The van der Waals surface area contributed by atoms with Crippen molar-refractivity contribution in [1.82, 2.24) is 9.29 Å². The second-order valence-corrected chi connectivity index (χ2v) is 5.62. The summed E-state index contributed by atoms with van der Waals surface area (Å²) in [6.07, 6.45) is 1.17. The third-order valence-electron chi connectivity index (χ3n) is 2.33. The summed E-state index contributed by atoms with van der Waals surface area (Å²) < 4.78 is 29.6. The first-order chi connectivity index (χ1) is 8.37. The van der Waals surface area contributed by atoms with Gasteiger partial charge < -0.3 is 10.5 Å². The van der Waals surface area contributed by atoms with Crippen molar-refractivity contribution in [1.29, 1.82) is 0 Å². The minimum Gasteiger partial charge on any atom is -0.469 e. The Morgan fingerprint density at radius 3 is 2.67 bits per heavy atom. The molecule has 1 aromatic rings. The average Bonchev–Trinajstić information content (AvgIpc) is 2.35. The summed E-state index contributed by atoms with van der Waals surface area (Å²) in [6, 6.07) is 2.77. The maximum atomic E-state index is 12.0. The van der Waals surface area contributed by atoms with E-state index in [9.17, 15) is 13.2 Å². The molecule has 0 aliphatic heterocycles. The number of hydrogen-bond acceptors (Lipinski definition) is 6. The van der Waals surface area contributed by atoms with Crippen LogP contribution in [0.25, 0.3) is 0 Å². The number of anilines is 1. The van der Waals surface area contributed by atoms with Crippen molar-refractivity contribution < 1.29 is 17.9 Å². The molecule has 0 spiro atoms. The number of sulfonamides is 1. The summed E-state index contributed by atoms with van der Waals surface area (Å²) in [6.45, 7) is 0.0411. The number of ether oxygens (including phenoxy) is 1. The standard InChI is InChI=1S/C10H15N3O4S/c1-13(6-5-10(14)17-2)18(15,16)8-3-4-9(11)12-7-8/h3-4,7H,5-6H2,1-2H3,(H2,11,12). The van der Waals surface area contributed by atoms with E-state index >= 15 is 0 Å². The van der Waals surface area contributed by atoms with Gasteiger partial charge in [-0.05, 0) is 12.1 Å². The fourth-order valence-corrected chi connectivity index (χ4v) is 2.31. The largest absolute Gasteiger partial charge is 0.469 e. The molecule has 0 unspecified atom stereocenters. The van der Waals surface area contributed by atoms with Crippen LogP contribution in [0.4, 0.5) is 5.82 Å². The quantitative estimate of drug-likeness (QED) is 0.748. The van der Waals surface area contributed by atoms with Gasteiger partial charge in [-0.15, -0.1) is 0 Å². The van der Waals surface area contributed by atoms with Gasteiger partial charge in [-0.3, -0.25) is 4.79 Å². The Balaban J connectivity index is 2.80. The molecule has 1 rings (SSSR count). The SMILES string of the molecule is COC(=O)CCN(C)S(=O)(=O)c1ccc(N)nc1. The highest BCUT2D eigenvalue weighted by molar-refractivity contribution is 7.89. The second-order valence-electron chi connectivity index (χ2n) is 3.57. The van der Waals surface area contributed by atoms with Gasteiger partial charge in [0.2, 0.25) is 10.0 Å². The van der Waals surface area contributed by atoms with Crippen LogP contribution in [0, 0.1) is 0 Å². The lowest BCUT2D eigenvalue weighted by Crippen LogP contribution is -2.29. The molecule has 0 saturated heterocycles. The van der Waals surface area contributed by atoms with E-state index in [0.717, 1.165) is 4.31 Å². The first-order valence-electron chi connectivity index (χ1n) is 5.12. The van der Waals surface area contributed by atoms with Crippen molar-refractivity contribution in [2.24, 2.45) is 0 Å². The average molecular weight is 273 g/mol. The van der Waals surface area contributed by atoms with Crippen LogP contribution in [0.15, 0.2) is 23.2 Å². The molecule has 1 heterocycles. The summed E-state index contributed by atoms with van der Waals surface area (Å²) in [7, 11) is -1.02. The van der Waals surface area contributed by atoms with Gasteiger partial charge in [0.05, 0.1) is 13.5 Å². The van der Waals surface area contributed by atoms with E-state index in [1.807, 2.05) is 0 Å². The lowest BCUT2D eigenvalue weighted by molar-refractivity contribution is -0.140. The molecule has 100 valence electrons. The number of carbonyl (C=O) groups is 1. The maximum absolute atomic E-state index is 12.0. The third kappa shape index (κ3) is 3.41. The van der Waals surface area contributed by atoms with Gasteiger partial charge in [0, 0.05) is 19.8 Å². The Morgan fingerprint density at radius 1 is 1.50 bits per heavy atom. The van der Waals surface area contributed by atoms with Gasteiger partial charge in [0.15, 0.2) is 0 Å². The molecule has 0 amide bonds. The molecule has 8 heteroatoms. The zero-order valence-electron chi connectivity index (χ0n) is 10.2. The van der Waals surface area contributed by atoms with Crippen LogP contribution in [0.5, 0.6) is 0 Å². The van der Waals surface area contributed by atoms with E-state index in [1.165, 1.54) is 32.5 Å². The van der Waals surface area contributed by atoms with Gasteiger partial charge in [0.25, 0.3) is 0 Å². The number of rotatable bonds is 5. The van der Waals surface area contributed by atoms with Crippen LogP contribution < -0.4 is 5.73 Å². The van der Waals surface area contributed by atoms with Crippen molar-refractivity contribution >= 4 is 21.8 Å². The molecule has 0 radical (unpaired) electrons. The van der Waals surface area contributed by atoms with Crippen LogP contribution in [0.3, 0.4) is 0 Å². The van der Waals surface area contributed by atoms with Gasteiger partial charge in [0.1, 0.15) is 10.7 Å². The molecule has 18 heavy (non-hydrogen) atoms. The highest BCUT2D eigenvalue weighted by atomic mass is 32.2. The van der Waals surface area contributed by atoms with Crippen molar-refractivity contribution in [2.75, 3.05) is 26.4 Å². The van der Waals surface area contributed by atoms with Gasteiger partial charge in [-0.25, -0.2) is 17.7 Å². The highest BCUT2D eigenvalue weighted by Gasteiger charge is 2.21. The normalized spacial score (nSPS) is 11.5. The van der Waals surface area contributed by atoms with E-state index < -0.39 is 16.0 Å². The zero-order valence-corrected chi connectivity index (χ0v) is 11.0. The summed E-state index contributed by atoms with van der Waals surface area (Å²) in [5.41, 5.74) is 5.38. The fraction of sp³-hybridized carbons (Fsp3) is 0.400. The van der Waals surface area contributed by atoms with Crippen molar-refractivity contribution in [3.63, 3.8) is 0 Å². The Morgan fingerprint density at radius 2 is 2.17 bits per heavy atom. The molecule has 0 bridgehead atoms. The minimum atomic E-state index is -3.65. The number of hydrogen-bond donors (Lipinski definition) is 1. The van der Waals surface area contributed by atoms with Crippen LogP contribution in [0.1, 0.15) is 6.42 Å². The summed E-state index contributed by atoms with van der Waals surface area (Å²) in [5.74, 6) is -0.223. The van der Waals surface area contributed by atoms with E-state index in [4.69, 9.17) is 5.73 Å². The first kappa shape index (κ1) is 14.4. The number of carbonyl (C=O) groups excluding carboxylic acids is 1. The third-order valence-corrected chi connectivity index (χ3v) is 4.17. The van der Waals surface area contributed by atoms with Crippen LogP contribution in [-0.2, 0) is 19.6 Å². The number of pyridine rings is 1. The van der Waals surface area contributed by atoms with E-state index in [1.54, 1.807) is 0 Å². The van der Waals surface area contributed by atoms with E-state index in [0.29, 0.717) is 0 Å². The monoisotopic (exact) mass is 273 g/mol. The summed E-state index contributed by atoms with van der Waals surface area (Å²) in [4.78, 5) is 14.7. The van der Waals surface area contributed by atoms with Crippen LogP contribution >= 0.6 is 0 Å². The number of methoxy groups -OCH3 is 1. The lowest BCUT2D eigenvalue weighted by Gasteiger charge is -2.16. The molecule has 0 atom stereocenters. The molecule has 0 fully saturated rings. The summed E-state index contributed by atoms with van der Waals surface area (Å²) in [5, 5.41) is 0.